The molecule has 0 aliphatic rings. The normalized spacial score (nSPS) is 14.8. The van der Waals surface area contributed by atoms with Gasteiger partial charge in [-0.05, 0) is 12.5 Å². The van der Waals surface area contributed by atoms with Crippen LogP contribution in [0.5, 0.6) is 0 Å². The molecule has 1 aromatic rings. The molecule has 0 saturated heterocycles. The monoisotopic (exact) mass is 161 g/mol. The summed E-state index contributed by atoms with van der Waals surface area (Å²) >= 11 is 0. The Morgan fingerprint density at radius 1 is 1.42 bits per heavy atom. The maximum atomic E-state index is 9.02. The quantitative estimate of drug-likeness (QED) is 0.713. The summed E-state index contributed by atoms with van der Waals surface area (Å²) in [6.45, 7) is 1.58. The standard InChI is InChI=1S/C10H11NO/c1-10(7-11,8-12)9-5-3-2-4-6-9/h2-6,12H,8H2,1H3. The van der Waals surface area contributed by atoms with Crippen LogP contribution in [0.15, 0.2) is 30.3 Å². The van der Waals surface area contributed by atoms with E-state index in [9.17, 15) is 0 Å². The Labute approximate surface area is 72.1 Å². The van der Waals surface area contributed by atoms with Gasteiger partial charge in [-0.2, -0.15) is 5.26 Å². The van der Waals surface area contributed by atoms with E-state index in [-0.39, 0.29) is 6.61 Å². The maximum absolute atomic E-state index is 9.02. The molecule has 1 aromatic carbocycles. The zero-order chi connectivity index (χ0) is 9.03. The molecule has 0 heterocycles. The molecule has 62 valence electrons. The first-order chi connectivity index (χ1) is 5.73. The molecule has 0 saturated carbocycles. The van der Waals surface area contributed by atoms with Gasteiger partial charge >= 0.3 is 0 Å². The van der Waals surface area contributed by atoms with E-state index in [4.69, 9.17) is 10.4 Å². The molecule has 1 unspecified atom stereocenters. The van der Waals surface area contributed by atoms with E-state index >= 15 is 0 Å². The zero-order valence-corrected chi connectivity index (χ0v) is 6.99. The van der Waals surface area contributed by atoms with Crippen molar-refractivity contribution in [2.45, 2.75) is 12.3 Å². The van der Waals surface area contributed by atoms with E-state index in [0.717, 1.165) is 5.56 Å². The second-order valence-electron chi connectivity index (χ2n) is 2.97. The number of nitrogens with zero attached hydrogens (tertiary/aromatic N) is 1. The molecule has 1 atom stereocenters. The first-order valence-corrected chi connectivity index (χ1v) is 3.80. The fraction of sp³-hybridized carbons (Fsp3) is 0.300. The Balaban J connectivity index is 3.06. The van der Waals surface area contributed by atoms with Crippen LogP contribution in [0, 0.1) is 11.3 Å². The number of aliphatic hydroxyl groups is 1. The van der Waals surface area contributed by atoms with Crippen molar-refractivity contribution >= 4 is 0 Å². The van der Waals surface area contributed by atoms with Gasteiger partial charge in [0.2, 0.25) is 0 Å². The number of hydrogen-bond donors (Lipinski definition) is 1. The lowest BCUT2D eigenvalue weighted by Crippen LogP contribution is -2.23. The summed E-state index contributed by atoms with van der Waals surface area (Å²) in [5, 5.41) is 17.8. The molecule has 0 spiro atoms. The molecule has 0 radical (unpaired) electrons. The molecule has 0 bridgehead atoms. The van der Waals surface area contributed by atoms with Crippen LogP contribution in [-0.2, 0) is 5.41 Å². The molecule has 0 aliphatic heterocycles. The molecule has 1 N–H and O–H groups in total. The number of hydrogen-bond acceptors (Lipinski definition) is 2. The topological polar surface area (TPSA) is 44.0 Å². The summed E-state index contributed by atoms with van der Waals surface area (Å²) in [5.74, 6) is 0. The van der Waals surface area contributed by atoms with Crippen molar-refractivity contribution in [2.24, 2.45) is 0 Å². The Hall–Kier alpha value is -1.33. The van der Waals surface area contributed by atoms with E-state index in [0.29, 0.717) is 0 Å². The lowest BCUT2D eigenvalue weighted by Gasteiger charge is -2.18. The van der Waals surface area contributed by atoms with Crippen LogP contribution in [0.25, 0.3) is 0 Å². The molecule has 0 aromatic heterocycles. The molecule has 0 fully saturated rings. The first kappa shape index (κ1) is 8.76. The summed E-state index contributed by atoms with van der Waals surface area (Å²) < 4.78 is 0. The van der Waals surface area contributed by atoms with Crippen molar-refractivity contribution in [3.05, 3.63) is 35.9 Å². The fourth-order valence-corrected chi connectivity index (χ4v) is 0.997. The highest BCUT2D eigenvalue weighted by Gasteiger charge is 2.24. The van der Waals surface area contributed by atoms with Gasteiger partial charge < -0.3 is 5.11 Å². The molecule has 0 aliphatic carbocycles. The summed E-state index contributed by atoms with van der Waals surface area (Å²) in [7, 11) is 0. The predicted octanol–water partition coefficient (Wildman–Crippen LogP) is 1.46. The smallest absolute Gasteiger partial charge is 0.102 e. The molecule has 12 heavy (non-hydrogen) atoms. The summed E-state index contributed by atoms with van der Waals surface area (Å²) in [4.78, 5) is 0. The minimum absolute atomic E-state index is 0.145. The Morgan fingerprint density at radius 2 is 2.00 bits per heavy atom. The third-order valence-electron chi connectivity index (χ3n) is 1.97. The van der Waals surface area contributed by atoms with Crippen molar-refractivity contribution in [1.29, 1.82) is 5.26 Å². The molecule has 2 nitrogen and oxygen atoms in total. The van der Waals surface area contributed by atoms with Crippen LogP contribution in [-0.4, -0.2) is 11.7 Å². The summed E-state index contributed by atoms with van der Waals surface area (Å²) in [6, 6.07) is 11.4. The SMILES string of the molecule is CC(C#N)(CO)c1ccccc1. The van der Waals surface area contributed by atoms with Gasteiger partial charge in [-0.3, -0.25) is 0 Å². The lowest BCUT2D eigenvalue weighted by atomic mass is 9.85. The van der Waals surface area contributed by atoms with E-state index in [2.05, 4.69) is 6.07 Å². The largest absolute Gasteiger partial charge is 0.394 e. The average Bonchev–Trinajstić information content (AvgIpc) is 2.18. The minimum Gasteiger partial charge on any atom is -0.394 e. The third kappa shape index (κ3) is 1.46. The maximum Gasteiger partial charge on any atom is 0.102 e. The molecule has 2 heteroatoms. The second kappa shape index (κ2) is 3.38. The van der Waals surface area contributed by atoms with E-state index < -0.39 is 5.41 Å². The van der Waals surface area contributed by atoms with Crippen molar-refractivity contribution in [3.8, 4) is 6.07 Å². The van der Waals surface area contributed by atoms with Crippen molar-refractivity contribution in [3.63, 3.8) is 0 Å². The molecule has 0 amide bonds. The van der Waals surface area contributed by atoms with Gasteiger partial charge in [-0.25, -0.2) is 0 Å². The zero-order valence-electron chi connectivity index (χ0n) is 6.99. The fourth-order valence-electron chi connectivity index (χ4n) is 0.997. The van der Waals surface area contributed by atoms with E-state index in [1.54, 1.807) is 6.92 Å². The van der Waals surface area contributed by atoms with Gasteiger partial charge in [0, 0.05) is 0 Å². The second-order valence-corrected chi connectivity index (χ2v) is 2.97. The number of rotatable bonds is 2. The average molecular weight is 161 g/mol. The summed E-state index contributed by atoms with van der Waals surface area (Å²) in [5.41, 5.74) is 0.0938. The van der Waals surface area contributed by atoms with Crippen molar-refractivity contribution < 1.29 is 5.11 Å². The Bertz CT molecular complexity index is 288. The van der Waals surface area contributed by atoms with Crippen molar-refractivity contribution in [1.82, 2.24) is 0 Å². The predicted molar refractivity (Wildman–Crippen MR) is 46.5 cm³/mol. The van der Waals surface area contributed by atoms with Crippen LogP contribution >= 0.6 is 0 Å². The number of aliphatic hydroxyl groups excluding tert-OH is 1. The molecular formula is C10H11NO. The number of nitriles is 1. The van der Waals surface area contributed by atoms with Crippen LogP contribution in [0.4, 0.5) is 0 Å². The number of benzene rings is 1. The first-order valence-electron chi connectivity index (χ1n) is 3.80. The highest BCUT2D eigenvalue weighted by Crippen LogP contribution is 2.21. The van der Waals surface area contributed by atoms with Gasteiger partial charge in [0.15, 0.2) is 0 Å². The highest BCUT2D eigenvalue weighted by atomic mass is 16.3. The van der Waals surface area contributed by atoms with E-state index in [1.165, 1.54) is 0 Å². The third-order valence-corrected chi connectivity index (χ3v) is 1.97. The van der Waals surface area contributed by atoms with Crippen molar-refractivity contribution in [2.75, 3.05) is 6.61 Å². The van der Waals surface area contributed by atoms with Crippen LogP contribution in [0.3, 0.4) is 0 Å². The lowest BCUT2D eigenvalue weighted by molar-refractivity contribution is 0.240. The van der Waals surface area contributed by atoms with Gasteiger partial charge in [-0.15, -0.1) is 0 Å². The minimum atomic E-state index is -0.763. The summed E-state index contributed by atoms with van der Waals surface area (Å²) in [6.07, 6.45) is 0. The molecule has 1 rings (SSSR count). The van der Waals surface area contributed by atoms with Crippen LogP contribution in [0.1, 0.15) is 12.5 Å². The van der Waals surface area contributed by atoms with Gasteiger partial charge in [0.25, 0.3) is 0 Å². The molecular weight excluding hydrogens is 150 g/mol. The van der Waals surface area contributed by atoms with Crippen LogP contribution < -0.4 is 0 Å². The Kier molecular flexibility index (Phi) is 2.47. The van der Waals surface area contributed by atoms with Gasteiger partial charge in [-0.1, -0.05) is 30.3 Å². The Morgan fingerprint density at radius 3 is 2.42 bits per heavy atom. The van der Waals surface area contributed by atoms with Crippen LogP contribution in [0.2, 0.25) is 0 Å². The van der Waals surface area contributed by atoms with E-state index in [1.807, 2.05) is 30.3 Å². The highest BCUT2D eigenvalue weighted by molar-refractivity contribution is 5.30. The van der Waals surface area contributed by atoms with Gasteiger partial charge in [0.05, 0.1) is 12.7 Å². The van der Waals surface area contributed by atoms with Gasteiger partial charge in [0.1, 0.15) is 5.41 Å².